The number of hydrogen-bond acceptors (Lipinski definition) is 9. The van der Waals surface area contributed by atoms with Crippen molar-refractivity contribution in [3.63, 3.8) is 0 Å². The van der Waals surface area contributed by atoms with E-state index in [0.29, 0.717) is 19.1 Å². The first-order valence-electron chi connectivity index (χ1n) is 11.6. The summed E-state index contributed by atoms with van der Waals surface area (Å²) in [6, 6.07) is -3.30. The second-order valence-electron chi connectivity index (χ2n) is 8.99. The fourth-order valence-corrected chi connectivity index (χ4v) is 3.46. The van der Waals surface area contributed by atoms with E-state index >= 15 is 0 Å². The van der Waals surface area contributed by atoms with E-state index in [0.717, 1.165) is 0 Å². The first kappa shape index (κ1) is 30.1. The van der Waals surface area contributed by atoms with Crippen LogP contribution >= 0.6 is 0 Å². The van der Waals surface area contributed by atoms with Crippen molar-refractivity contribution in [1.82, 2.24) is 20.9 Å². The van der Waals surface area contributed by atoms with Gasteiger partial charge in [-0.1, -0.05) is 26.0 Å². The van der Waals surface area contributed by atoms with E-state index in [2.05, 4.69) is 16.0 Å². The second-order valence-corrected chi connectivity index (χ2v) is 8.99. The van der Waals surface area contributed by atoms with Crippen LogP contribution in [-0.4, -0.2) is 90.1 Å². The first-order chi connectivity index (χ1) is 16.5. The number of likely N-dealkylation sites (N-methyl/N-ethyl adjacent to an activating group) is 1. The number of Topliss-reactive ketones (excluding diaryl/α,β-unsaturated/α-hetero) is 2. The molecule has 0 aromatic carbocycles. The van der Waals surface area contributed by atoms with Gasteiger partial charge in [0.1, 0.15) is 18.5 Å². The highest BCUT2D eigenvalue weighted by atomic mass is 16.4. The number of nitrogens with one attached hydrogen (secondary N) is 3. The summed E-state index contributed by atoms with van der Waals surface area (Å²) in [5.74, 6) is -3.21. The lowest BCUT2D eigenvalue weighted by atomic mass is 9.96. The van der Waals surface area contributed by atoms with Gasteiger partial charge in [0.05, 0.1) is 18.6 Å². The molecule has 4 atom stereocenters. The van der Waals surface area contributed by atoms with Crippen molar-refractivity contribution in [2.75, 3.05) is 20.1 Å². The highest BCUT2D eigenvalue weighted by Crippen LogP contribution is 2.08. The predicted octanol–water partition coefficient (Wildman–Crippen LogP) is -1.27. The number of aldehydes is 1. The van der Waals surface area contributed by atoms with Crippen molar-refractivity contribution in [2.45, 2.75) is 70.2 Å². The van der Waals surface area contributed by atoms with Crippen LogP contribution in [0.1, 0.15) is 46.0 Å². The van der Waals surface area contributed by atoms with Crippen molar-refractivity contribution in [3.8, 4) is 0 Å². The molecule has 35 heavy (non-hydrogen) atoms. The quantitative estimate of drug-likeness (QED) is 0.139. The van der Waals surface area contributed by atoms with Crippen LogP contribution < -0.4 is 21.7 Å². The Labute approximate surface area is 205 Å². The lowest BCUT2D eigenvalue weighted by Crippen LogP contribution is -2.60. The Kier molecular flexibility index (Phi) is 13.0. The Morgan fingerprint density at radius 1 is 1.29 bits per heavy atom. The van der Waals surface area contributed by atoms with E-state index in [4.69, 9.17) is 10.8 Å². The molecule has 1 aliphatic rings. The second kappa shape index (κ2) is 15.1. The van der Waals surface area contributed by atoms with E-state index in [-0.39, 0.29) is 31.7 Å². The molecule has 6 N–H and O–H groups in total. The molecule has 0 aromatic heterocycles. The number of hydrogen-bond donors (Lipinski definition) is 5. The number of carboxylic acid groups (broad SMARTS) is 1. The van der Waals surface area contributed by atoms with Gasteiger partial charge in [-0.3, -0.25) is 34.6 Å². The summed E-state index contributed by atoms with van der Waals surface area (Å²) in [7, 11) is 1.52. The third-order valence-corrected chi connectivity index (χ3v) is 5.40. The van der Waals surface area contributed by atoms with E-state index in [1.165, 1.54) is 11.9 Å². The van der Waals surface area contributed by atoms with Crippen molar-refractivity contribution >= 4 is 35.6 Å². The maximum Gasteiger partial charge on any atom is 0.303 e. The van der Waals surface area contributed by atoms with Gasteiger partial charge in [0.2, 0.25) is 11.8 Å². The zero-order valence-corrected chi connectivity index (χ0v) is 20.5. The Morgan fingerprint density at radius 2 is 1.97 bits per heavy atom. The molecule has 12 heteroatoms. The van der Waals surface area contributed by atoms with Crippen molar-refractivity contribution in [2.24, 2.45) is 11.7 Å². The van der Waals surface area contributed by atoms with E-state index < -0.39 is 60.2 Å². The topological polar surface area (TPSA) is 188 Å². The number of aliphatic carboxylic acids is 1. The van der Waals surface area contributed by atoms with Crippen LogP contribution in [-0.2, 0) is 28.8 Å². The zero-order chi connectivity index (χ0) is 26.5. The van der Waals surface area contributed by atoms with Crippen LogP contribution in [0.5, 0.6) is 0 Å². The first-order valence-corrected chi connectivity index (χ1v) is 11.6. The van der Waals surface area contributed by atoms with Gasteiger partial charge in [-0.2, -0.15) is 0 Å². The van der Waals surface area contributed by atoms with Crippen molar-refractivity contribution < 1.29 is 33.9 Å². The Hall–Kier alpha value is -2.96. The summed E-state index contributed by atoms with van der Waals surface area (Å²) in [4.78, 5) is 74.9. The third-order valence-electron chi connectivity index (χ3n) is 5.40. The van der Waals surface area contributed by atoms with Gasteiger partial charge >= 0.3 is 5.97 Å². The van der Waals surface area contributed by atoms with E-state index in [1.807, 2.05) is 13.8 Å². The van der Waals surface area contributed by atoms with Crippen LogP contribution in [0.3, 0.4) is 0 Å². The predicted molar refractivity (Wildman–Crippen MR) is 127 cm³/mol. The van der Waals surface area contributed by atoms with Crippen LogP contribution in [0, 0.1) is 5.92 Å². The molecule has 196 valence electrons. The van der Waals surface area contributed by atoms with Crippen molar-refractivity contribution in [3.05, 3.63) is 12.2 Å². The average Bonchev–Trinajstić information content (AvgIpc) is 2.78. The molecule has 0 saturated carbocycles. The summed E-state index contributed by atoms with van der Waals surface area (Å²) >= 11 is 0. The minimum absolute atomic E-state index is 0.0547. The highest BCUT2D eigenvalue weighted by Gasteiger charge is 2.34. The average molecular weight is 496 g/mol. The van der Waals surface area contributed by atoms with Gasteiger partial charge < -0.3 is 25.9 Å². The lowest BCUT2D eigenvalue weighted by Gasteiger charge is -2.27. The standard InChI is InChI=1S/C23H37N5O7/c1-14(2)11-16(24)21(34)20-23(35)28(3)10-6-4-5-7-18(31)27-22(17(30)12-25-20)26-15(13-29)8-9-19(32)33/h4,6,13-16,20,22,25-26H,5,7-12,24H2,1-3H3,(H,27,31)(H,32,33)/t15-,16+,20+,22-/m1/s1. The molecule has 0 unspecified atom stereocenters. The minimum atomic E-state index is -1.38. The van der Waals surface area contributed by atoms with Crippen LogP contribution in [0.4, 0.5) is 0 Å². The van der Waals surface area contributed by atoms with Gasteiger partial charge in [-0.05, 0) is 25.2 Å². The highest BCUT2D eigenvalue weighted by molar-refractivity contribution is 6.08. The number of nitrogens with two attached hydrogens (primary N) is 1. The molecule has 1 heterocycles. The fraction of sp³-hybridized carbons (Fsp3) is 0.652. The fourth-order valence-electron chi connectivity index (χ4n) is 3.46. The Morgan fingerprint density at radius 3 is 2.57 bits per heavy atom. The molecule has 12 nitrogen and oxygen atoms in total. The summed E-state index contributed by atoms with van der Waals surface area (Å²) in [6.45, 7) is 3.50. The Bertz CT molecular complexity index is 814. The summed E-state index contributed by atoms with van der Waals surface area (Å²) in [5.41, 5.74) is 6.02. The number of carboxylic acids is 1. The monoisotopic (exact) mass is 495 g/mol. The molecule has 0 spiro atoms. The maximum absolute atomic E-state index is 13.0. The smallest absolute Gasteiger partial charge is 0.303 e. The molecule has 0 bridgehead atoms. The summed E-state index contributed by atoms with van der Waals surface area (Å²) in [5, 5.41) is 16.7. The normalized spacial score (nSPS) is 22.3. The van der Waals surface area contributed by atoms with Gasteiger partial charge in [-0.15, -0.1) is 0 Å². The zero-order valence-electron chi connectivity index (χ0n) is 20.5. The van der Waals surface area contributed by atoms with Gasteiger partial charge in [-0.25, -0.2) is 0 Å². The number of amides is 2. The molecule has 0 radical (unpaired) electrons. The van der Waals surface area contributed by atoms with Gasteiger partial charge in [0.15, 0.2) is 11.6 Å². The molecule has 0 aromatic rings. The van der Waals surface area contributed by atoms with Crippen molar-refractivity contribution in [1.29, 1.82) is 0 Å². The lowest BCUT2D eigenvalue weighted by molar-refractivity contribution is -0.139. The molecule has 2 amide bonds. The van der Waals surface area contributed by atoms with Gasteiger partial charge in [0.25, 0.3) is 0 Å². The summed E-state index contributed by atoms with van der Waals surface area (Å²) < 4.78 is 0. The molecule has 0 aliphatic carbocycles. The minimum Gasteiger partial charge on any atom is -0.481 e. The summed E-state index contributed by atoms with van der Waals surface area (Å²) in [6.07, 6.45) is 2.86. The number of allylic oxidation sites excluding steroid dienone is 1. The largest absolute Gasteiger partial charge is 0.481 e. The molecular formula is C23H37N5O7. The van der Waals surface area contributed by atoms with Crippen LogP contribution in [0.2, 0.25) is 0 Å². The molecule has 1 rings (SSSR count). The number of ketones is 2. The molecule has 0 saturated heterocycles. The number of nitrogens with zero attached hydrogens (tertiary/aromatic N) is 1. The Balaban J connectivity index is 3.16. The number of rotatable bonds is 10. The van der Waals surface area contributed by atoms with E-state index in [1.54, 1.807) is 12.2 Å². The van der Waals surface area contributed by atoms with Crippen LogP contribution in [0.15, 0.2) is 12.2 Å². The maximum atomic E-state index is 13.0. The third kappa shape index (κ3) is 10.9. The number of carbonyl (C=O) groups is 6. The molecule has 0 fully saturated rings. The van der Waals surface area contributed by atoms with E-state index in [9.17, 15) is 28.8 Å². The number of carbonyl (C=O) groups excluding carboxylic acids is 5. The SMILES string of the molecule is CC(C)C[C@H](N)C(=O)[C@@H]1NCC(=O)[C@H](N[C@@H](C=O)CCC(=O)O)NC(=O)CCC=CCN(C)C1=O. The van der Waals surface area contributed by atoms with Crippen LogP contribution in [0.25, 0.3) is 0 Å². The molecule has 1 aliphatic heterocycles. The van der Waals surface area contributed by atoms with Gasteiger partial charge in [0, 0.05) is 26.4 Å². The molecular weight excluding hydrogens is 458 g/mol.